The van der Waals surface area contributed by atoms with Crippen LogP contribution in [-0.2, 0) is 22.6 Å². The number of benzene rings is 3. The summed E-state index contributed by atoms with van der Waals surface area (Å²) in [5, 5.41) is 9.37. The van der Waals surface area contributed by atoms with E-state index in [2.05, 4.69) is 49.9 Å². The summed E-state index contributed by atoms with van der Waals surface area (Å²) < 4.78 is 5.44. The Morgan fingerprint density at radius 3 is 2.29 bits per heavy atom. The molecule has 1 saturated carbocycles. The minimum absolute atomic E-state index is 0.0364. The second kappa shape index (κ2) is 11.5. The Hall–Kier alpha value is -3.17. The maximum atomic E-state index is 11.9. The summed E-state index contributed by atoms with van der Waals surface area (Å²) in [7, 11) is 0. The van der Waals surface area contributed by atoms with Crippen LogP contribution in [0.1, 0.15) is 67.2 Å². The molecule has 4 rings (SSSR count). The van der Waals surface area contributed by atoms with Crippen LogP contribution < -0.4 is 0 Å². The normalized spacial score (nSPS) is 14.0. The Bertz CT molecular complexity index is 1180. The molecule has 0 amide bonds. The first-order valence-corrected chi connectivity index (χ1v) is 12.7. The first-order chi connectivity index (χ1) is 17.0. The molecular weight excluding hydrogens is 432 g/mol. The third-order valence-corrected chi connectivity index (χ3v) is 7.15. The average Bonchev–Trinajstić information content (AvgIpc) is 2.89. The number of carbonyl (C=O) groups is 1. The van der Waals surface area contributed by atoms with Crippen LogP contribution in [-0.4, -0.2) is 17.7 Å². The third kappa shape index (κ3) is 6.10. The topological polar surface area (TPSA) is 46.5 Å². The smallest absolute Gasteiger partial charge is 0.333 e. The van der Waals surface area contributed by atoms with Crippen molar-refractivity contribution in [2.24, 2.45) is 0 Å². The predicted molar refractivity (Wildman–Crippen MR) is 143 cm³/mol. The molecule has 3 heteroatoms. The van der Waals surface area contributed by atoms with Crippen molar-refractivity contribution >= 4 is 5.97 Å². The van der Waals surface area contributed by atoms with Gasteiger partial charge in [-0.05, 0) is 77.1 Å². The van der Waals surface area contributed by atoms with Gasteiger partial charge in [0, 0.05) is 12.0 Å². The molecular formula is C32H36O3. The van der Waals surface area contributed by atoms with Crippen LogP contribution in [0.2, 0.25) is 0 Å². The quantitative estimate of drug-likeness (QED) is 0.274. The van der Waals surface area contributed by atoms with Crippen molar-refractivity contribution < 1.29 is 14.6 Å². The highest BCUT2D eigenvalue weighted by atomic mass is 16.5. The van der Waals surface area contributed by atoms with Crippen LogP contribution in [0.3, 0.4) is 0 Å². The number of esters is 1. The molecule has 0 heterocycles. The fourth-order valence-corrected chi connectivity index (χ4v) is 5.10. The highest BCUT2D eigenvalue weighted by Crippen LogP contribution is 2.36. The molecule has 0 spiro atoms. The van der Waals surface area contributed by atoms with Gasteiger partial charge in [0.25, 0.3) is 0 Å². The van der Waals surface area contributed by atoms with Gasteiger partial charge in [-0.2, -0.15) is 0 Å². The van der Waals surface area contributed by atoms with Crippen molar-refractivity contribution in [3.63, 3.8) is 0 Å². The van der Waals surface area contributed by atoms with Gasteiger partial charge >= 0.3 is 5.97 Å². The van der Waals surface area contributed by atoms with Crippen LogP contribution in [0.5, 0.6) is 0 Å². The summed E-state index contributed by atoms with van der Waals surface area (Å²) in [5.74, 6) is 0.331. The molecule has 0 atom stereocenters. The Kier molecular flexibility index (Phi) is 8.20. The van der Waals surface area contributed by atoms with E-state index in [0.29, 0.717) is 24.5 Å². The van der Waals surface area contributed by atoms with Crippen molar-refractivity contribution in [3.05, 3.63) is 95.1 Å². The van der Waals surface area contributed by atoms with E-state index in [0.717, 1.165) is 22.3 Å². The number of aliphatic hydroxyl groups excluding tert-OH is 1. The zero-order valence-electron chi connectivity index (χ0n) is 21.0. The molecule has 0 bridgehead atoms. The lowest BCUT2D eigenvalue weighted by molar-refractivity contribution is -0.138. The zero-order chi connectivity index (χ0) is 24.8. The van der Waals surface area contributed by atoms with Gasteiger partial charge in [-0.1, -0.05) is 86.5 Å². The SMILES string of the molecule is C=C(C)C(=O)OCCc1cc(-c2ccc(CO)cc2)ccc1-c1ccc(C2CCCCC2)cc1C. The predicted octanol–water partition coefficient (Wildman–Crippen LogP) is 7.53. The first-order valence-electron chi connectivity index (χ1n) is 12.7. The Labute approximate surface area is 209 Å². The maximum absolute atomic E-state index is 11.9. The van der Waals surface area contributed by atoms with Gasteiger partial charge in [-0.3, -0.25) is 0 Å². The second-order valence-corrected chi connectivity index (χ2v) is 9.80. The van der Waals surface area contributed by atoms with Gasteiger partial charge < -0.3 is 9.84 Å². The molecule has 3 nitrogen and oxygen atoms in total. The highest BCUT2D eigenvalue weighted by Gasteiger charge is 2.17. The van der Waals surface area contributed by atoms with Gasteiger partial charge in [0.15, 0.2) is 0 Å². The molecule has 1 aliphatic rings. The molecule has 3 aromatic rings. The molecule has 0 aliphatic heterocycles. The Morgan fingerprint density at radius 1 is 0.943 bits per heavy atom. The molecule has 0 unspecified atom stereocenters. The number of rotatable bonds is 8. The fourth-order valence-electron chi connectivity index (χ4n) is 5.10. The Balaban J connectivity index is 1.66. The molecule has 182 valence electrons. The highest BCUT2D eigenvalue weighted by molar-refractivity contribution is 5.87. The van der Waals surface area contributed by atoms with E-state index in [1.807, 2.05) is 24.3 Å². The molecule has 0 aromatic heterocycles. The largest absolute Gasteiger partial charge is 0.462 e. The van der Waals surface area contributed by atoms with Crippen molar-refractivity contribution in [2.45, 2.75) is 64.9 Å². The molecule has 3 aromatic carbocycles. The number of aliphatic hydroxyl groups is 1. The van der Waals surface area contributed by atoms with Crippen LogP contribution in [0.15, 0.2) is 72.8 Å². The fraction of sp³-hybridized carbons (Fsp3) is 0.344. The summed E-state index contributed by atoms with van der Waals surface area (Å²) in [6.07, 6.45) is 7.24. The monoisotopic (exact) mass is 468 g/mol. The molecule has 0 saturated heterocycles. The molecule has 1 aliphatic carbocycles. The molecule has 1 fully saturated rings. The maximum Gasteiger partial charge on any atom is 0.333 e. The minimum atomic E-state index is -0.352. The number of aryl methyl sites for hydroxylation is 1. The number of hydrogen-bond acceptors (Lipinski definition) is 3. The summed E-state index contributed by atoms with van der Waals surface area (Å²) in [6.45, 7) is 7.90. The Morgan fingerprint density at radius 2 is 1.63 bits per heavy atom. The van der Waals surface area contributed by atoms with Gasteiger partial charge in [0.1, 0.15) is 0 Å². The number of hydrogen-bond donors (Lipinski definition) is 1. The average molecular weight is 469 g/mol. The second-order valence-electron chi connectivity index (χ2n) is 9.80. The van der Waals surface area contributed by atoms with Gasteiger partial charge in [0.05, 0.1) is 13.2 Å². The number of ether oxygens (including phenoxy) is 1. The van der Waals surface area contributed by atoms with Crippen LogP contribution in [0.25, 0.3) is 22.3 Å². The zero-order valence-corrected chi connectivity index (χ0v) is 21.0. The van der Waals surface area contributed by atoms with Crippen molar-refractivity contribution in [1.29, 1.82) is 0 Å². The summed E-state index contributed by atoms with van der Waals surface area (Å²) in [4.78, 5) is 11.9. The van der Waals surface area contributed by atoms with E-state index in [9.17, 15) is 9.90 Å². The van der Waals surface area contributed by atoms with Crippen molar-refractivity contribution in [3.8, 4) is 22.3 Å². The van der Waals surface area contributed by atoms with E-state index in [1.165, 1.54) is 54.4 Å². The van der Waals surface area contributed by atoms with Gasteiger partial charge in [-0.25, -0.2) is 4.79 Å². The summed E-state index contributed by atoms with van der Waals surface area (Å²) >= 11 is 0. The third-order valence-electron chi connectivity index (χ3n) is 7.15. The molecule has 1 N–H and O–H groups in total. The summed E-state index contributed by atoms with van der Waals surface area (Å²) in [6, 6.07) is 21.5. The first kappa shape index (κ1) is 24.9. The van der Waals surface area contributed by atoms with Gasteiger partial charge in [0.2, 0.25) is 0 Å². The van der Waals surface area contributed by atoms with Crippen LogP contribution in [0, 0.1) is 6.92 Å². The van der Waals surface area contributed by atoms with E-state index in [-0.39, 0.29) is 12.6 Å². The van der Waals surface area contributed by atoms with Gasteiger partial charge in [-0.15, -0.1) is 0 Å². The van der Waals surface area contributed by atoms with Crippen molar-refractivity contribution in [1.82, 2.24) is 0 Å². The van der Waals surface area contributed by atoms with Crippen LogP contribution in [0.4, 0.5) is 0 Å². The van der Waals surface area contributed by atoms with E-state index >= 15 is 0 Å². The lowest BCUT2D eigenvalue weighted by atomic mass is 9.82. The van der Waals surface area contributed by atoms with E-state index < -0.39 is 0 Å². The van der Waals surface area contributed by atoms with E-state index in [1.54, 1.807) is 6.92 Å². The lowest BCUT2D eigenvalue weighted by Crippen LogP contribution is -2.09. The molecule has 0 radical (unpaired) electrons. The summed E-state index contributed by atoms with van der Waals surface area (Å²) in [5.41, 5.74) is 9.82. The lowest BCUT2D eigenvalue weighted by Gasteiger charge is -2.23. The van der Waals surface area contributed by atoms with E-state index in [4.69, 9.17) is 4.74 Å². The van der Waals surface area contributed by atoms with Crippen LogP contribution >= 0.6 is 0 Å². The standard InChI is InChI=1S/C32H36O3/c1-22(2)32(34)35-18-17-29-20-28(26-11-9-24(21-33)10-12-26)14-16-31(29)30-15-13-27(19-23(30)3)25-7-5-4-6-8-25/h9-16,19-20,25,33H,1,4-8,17-18,21H2,2-3H3. The van der Waals surface area contributed by atoms with Crippen molar-refractivity contribution in [2.75, 3.05) is 6.61 Å². The number of carbonyl (C=O) groups excluding carboxylic acids is 1. The molecule has 35 heavy (non-hydrogen) atoms. The minimum Gasteiger partial charge on any atom is -0.462 e.